The highest BCUT2D eigenvalue weighted by molar-refractivity contribution is 7.90. The number of hydrogen-bond donors (Lipinski definition) is 1. The first-order chi connectivity index (χ1) is 14.4. The van der Waals surface area contributed by atoms with Crippen LogP contribution < -0.4 is 14.4 Å². The van der Waals surface area contributed by atoms with Gasteiger partial charge >= 0.3 is 16.6 Å². The van der Waals surface area contributed by atoms with Crippen molar-refractivity contribution < 1.29 is 26.3 Å². The van der Waals surface area contributed by atoms with Crippen LogP contribution >= 0.6 is 0 Å². The highest BCUT2D eigenvalue weighted by atomic mass is 32.2. The predicted octanol–water partition coefficient (Wildman–Crippen LogP) is 2.87. The third-order valence-electron chi connectivity index (χ3n) is 4.90. The molecular weight excluding hydrogens is 435 g/mol. The second-order valence-corrected chi connectivity index (χ2v) is 9.31. The summed E-state index contributed by atoms with van der Waals surface area (Å²) in [5, 5.41) is 0. The average Bonchev–Trinajstić information content (AvgIpc) is 3.03. The molecule has 2 heterocycles. The lowest BCUT2D eigenvalue weighted by Gasteiger charge is -2.23. The van der Waals surface area contributed by atoms with Gasteiger partial charge in [0.1, 0.15) is 5.75 Å². The normalized spacial score (nSPS) is 17.9. The summed E-state index contributed by atoms with van der Waals surface area (Å²) < 4.78 is 68.9. The molecule has 170 valence electrons. The summed E-state index contributed by atoms with van der Waals surface area (Å²) in [4.78, 5) is 8.19. The molecule has 2 aromatic rings. The molecule has 1 aliphatic heterocycles. The first-order valence-electron chi connectivity index (χ1n) is 9.42. The third kappa shape index (κ3) is 5.99. The molecule has 1 fully saturated rings. The molecule has 8 nitrogen and oxygen atoms in total. The third-order valence-corrected chi connectivity index (χ3v) is 6.34. The molecule has 0 amide bonds. The van der Waals surface area contributed by atoms with Gasteiger partial charge in [-0.05, 0) is 42.8 Å². The number of ether oxygens (including phenoxy) is 1. The van der Waals surface area contributed by atoms with E-state index in [1.165, 1.54) is 32.4 Å². The van der Waals surface area contributed by atoms with Crippen molar-refractivity contribution in [3.05, 3.63) is 48.3 Å². The maximum atomic E-state index is 12.3. The van der Waals surface area contributed by atoms with E-state index in [1.807, 2.05) is 11.8 Å². The highest BCUT2D eigenvalue weighted by Crippen LogP contribution is 2.29. The SMILES string of the molecule is CC1CN(c2ccc(OC(F)(F)F)cc2)CN1Cc1ccncc1NS(=O)(=O)N(C)C. The van der Waals surface area contributed by atoms with Crippen LogP contribution in [0.3, 0.4) is 0 Å². The fraction of sp³-hybridized carbons (Fsp3) is 0.421. The van der Waals surface area contributed by atoms with Crippen LogP contribution in [0.5, 0.6) is 5.75 Å². The Morgan fingerprint density at radius 3 is 2.52 bits per heavy atom. The van der Waals surface area contributed by atoms with Gasteiger partial charge in [0.05, 0.1) is 18.6 Å². The van der Waals surface area contributed by atoms with E-state index in [1.54, 1.807) is 24.4 Å². The minimum atomic E-state index is -4.73. The number of benzene rings is 1. The number of alkyl halides is 3. The summed E-state index contributed by atoms with van der Waals surface area (Å²) in [5.74, 6) is -0.269. The molecular formula is C19H24F3N5O3S. The zero-order chi connectivity index (χ0) is 22.8. The van der Waals surface area contributed by atoms with Crippen LogP contribution in [0.15, 0.2) is 42.7 Å². The van der Waals surface area contributed by atoms with Gasteiger partial charge < -0.3 is 9.64 Å². The van der Waals surface area contributed by atoms with E-state index < -0.39 is 16.6 Å². The van der Waals surface area contributed by atoms with Crippen molar-refractivity contribution in [3.63, 3.8) is 0 Å². The quantitative estimate of drug-likeness (QED) is 0.686. The van der Waals surface area contributed by atoms with Gasteiger partial charge in [-0.3, -0.25) is 14.6 Å². The van der Waals surface area contributed by atoms with Crippen molar-refractivity contribution in [2.24, 2.45) is 0 Å². The first-order valence-corrected chi connectivity index (χ1v) is 10.9. The second kappa shape index (κ2) is 8.89. The summed E-state index contributed by atoms with van der Waals surface area (Å²) in [5.41, 5.74) is 1.94. The van der Waals surface area contributed by atoms with Crippen LogP contribution in [0.25, 0.3) is 0 Å². The number of hydrogen-bond acceptors (Lipinski definition) is 6. The van der Waals surface area contributed by atoms with Gasteiger partial charge in [0.25, 0.3) is 0 Å². The molecule has 1 N–H and O–H groups in total. The van der Waals surface area contributed by atoms with Gasteiger partial charge in [-0.25, -0.2) is 0 Å². The number of nitrogens with zero attached hydrogens (tertiary/aromatic N) is 4. The average molecular weight is 459 g/mol. The van der Waals surface area contributed by atoms with E-state index in [2.05, 4.69) is 19.3 Å². The smallest absolute Gasteiger partial charge is 0.406 e. The van der Waals surface area contributed by atoms with Crippen molar-refractivity contribution in [1.82, 2.24) is 14.2 Å². The number of halogens is 3. The van der Waals surface area contributed by atoms with Crippen LogP contribution in [0.1, 0.15) is 12.5 Å². The van der Waals surface area contributed by atoms with E-state index in [4.69, 9.17) is 0 Å². The summed E-state index contributed by atoms with van der Waals surface area (Å²) in [6.07, 6.45) is -1.66. The summed E-state index contributed by atoms with van der Waals surface area (Å²) >= 11 is 0. The molecule has 12 heteroatoms. The van der Waals surface area contributed by atoms with Crippen LogP contribution in [0.2, 0.25) is 0 Å². The summed E-state index contributed by atoms with van der Waals surface area (Å²) in [7, 11) is -0.801. The van der Waals surface area contributed by atoms with E-state index in [9.17, 15) is 21.6 Å². The van der Waals surface area contributed by atoms with Gasteiger partial charge in [0, 0.05) is 45.1 Å². The maximum absolute atomic E-state index is 12.3. The number of pyridine rings is 1. The molecule has 31 heavy (non-hydrogen) atoms. The molecule has 1 atom stereocenters. The standard InChI is InChI=1S/C19H24F3N5O3S/c1-14-11-27(16-4-6-17(7-5-16)30-19(20,21)22)13-26(14)12-15-8-9-23-10-18(15)24-31(28,29)25(2)3/h4-10,14,24H,11-13H2,1-3H3. The first kappa shape index (κ1) is 23.1. The lowest BCUT2D eigenvalue weighted by Crippen LogP contribution is -2.31. The Bertz CT molecular complexity index is 1000. The van der Waals surface area contributed by atoms with Crippen molar-refractivity contribution in [2.45, 2.75) is 25.9 Å². The largest absolute Gasteiger partial charge is 0.573 e. The zero-order valence-electron chi connectivity index (χ0n) is 17.3. The Labute approximate surface area is 179 Å². The molecule has 1 saturated heterocycles. The molecule has 1 aromatic heterocycles. The van der Waals surface area contributed by atoms with Crippen molar-refractivity contribution in [2.75, 3.05) is 36.9 Å². The van der Waals surface area contributed by atoms with E-state index in [0.717, 1.165) is 15.6 Å². The molecule has 0 spiro atoms. The lowest BCUT2D eigenvalue weighted by atomic mass is 10.2. The zero-order valence-corrected chi connectivity index (χ0v) is 18.1. The Morgan fingerprint density at radius 2 is 1.90 bits per heavy atom. The van der Waals surface area contributed by atoms with Crippen molar-refractivity contribution in [3.8, 4) is 5.75 Å². The van der Waals surface area contributed by atoms with Gasteiger partial charge in [-0.15, -0.1) is 13.2 Å². The van der Waals surface area contributed by atoms with E-state index >= 15 is 0 Å². The lowest BCUT2D eigenvalue weighted by molar-refractivity contribution is -0.274. The topological polar surface area (TPSA) is 78.0 Å². The molecule has 0 bridgehead atoms. The molecule has 1 aromatic carbocycles. The molecule has 1 unspecified atom stereocenters. The Balaban J connectivity index is 1.70. The molecule has 0 saturated carbocycles. The van der Waals surface area contributed by atoms with Crippen molar-refractivity contribution in [1.29, 1.82) is 0 Å². The fourth-order valence-electron chi connectivity index (χ4n) is 3.20. The fourth-order valence-corrected chi connectivity index (χ4v) is 3.85. The van der Waals surface area contributed by atoms with Crippen LogP contribution in [0, 0.1) is 0 Å². The molecule has 0 aliphatic carbocycles. The minimum absolute atomic E-state index is 0.137. The Hall–Kier alpha value is -2.57. The number of nitrogens with one attached hydrogen (secondary N) is 1. The monoisotopic (exact) mass is 459 g/mol. The molecule has 3 rings (SSSR count). The number of rotatable bonds is 7. The second-order valence-electron chi connectivity index (χ2n) is 7.42. The Morgan fingerprint density at radius 1 is 1.23 bits per heavy atom. The van der Waals surface area contributed by atoms with Gasteiger partial charge in [0.2, 0.25) is 0 Å². The Kier molecular flexibility index (Phi) is 6.62. The van der Waals surface area contributed by atoms with Crippen molar-refractivity contribution >= 4 is 21.6 Å². The summed E-state index contributed by atoms with van der Waals surface area (Å²) in [6, 6.07) is 7.63. The van der Waals surface area contributed by atoms with Crippen LogP contribution in [0.4, 0.5) is 24.5 Å². The van der Waals surface area contributed by atoms with Gasteiger partial charge in [0.15, 0.2) is 0 Å². The van der Waals surface area contributed by atoms with Crippen LogP contribution in [-0.2, 0) is 16.8 Å². The maximum Gasteiger partial charge on any atom is 0.573 e. The number of anilines is 2. The summed E-state index contributed by atoms with van der Waals surface area (Å²) in [6.45, 7) is 3.71. The van der Waals surface area contributed by atoms with Gasteiger partial charge in [-0.1, -0.05) is 0 Å². The number of aromatic nitrogens is 1. The molecule has 0 radical (unpaired) electrons. The van der Waals surface area contributed by atoms with Crippen LogP contribution in [-0.4, -0.2) is 62.3 Å². The van der Waals surface area contributed by atoms with Gasteiger partial charge in [-0.2, -0.15) is 12.7 Å². The minimum Gasteiger partial charge on any atom is -0.406 e. The van der Waals surface area contributed by atoms with E-state index in [0.29, 0.717) is 25.4 Å². The molecule has 1 aliphatic rings. The van der Waals surface area contributed by atoms with E-state index in [-0.39, 0.29) is 11.8 Å². The highest BCUT2D eigenvalue weighted by Gasteiger charge is 2.32. The predicted molar refractivity (Wildman–Crippen MR) is 111 cm³/mol.